The van der Waals surface area contributed by atoms with Gasteiger partial charge in [-0.05, 0) is 22.6 Å². The Morgan fingerprint density at radius 2 is 1.77 bits per heavy atom. The van der Waals surface area contributed by atoms with E-state index in [4.69, 9.17) is 4.74 Å². The average molecular weight is 422 g/mol. The molecule has 1 aromatic heterocycles. The molecular weight excluding hydrogens is 394 g/mol. The number of amides is 1. The molecule has 0 saturated carbocycles. The number of rotatable bonds is 7. The number of carbonyl (C=O) groups is 1. The standard InChI is InChI=1S/C24H27N3O2S/c1-24(2,3)20-13-11-19(12-14-20)22-25-26-23(30-22)27(16-17-29-4)21(28)15-10-18-8-6-5-7-9-18/h5-15H,16-17H2,1-4H3/b15-10+. The van der Waals surface area contributed by atoms with Gasteiger partial charge in [-0.2, -0.15) is 0 Å². The summed E-state index contributed by atoms with van der Waals surface area (Å²) in [5.74, 6) is -0.151. The lowest BCUT2D eigenvalue weighted by Gasteiger charge is -2.18. The van der Waals surface area contributed by atoms with E-state index in [2.05, 4.69) is 55.2 Å². The lowest BCUT2D eigenvalue weighted by Crippen LogP contribution is -2.32. The van der Waals surface area contributed by atoms with Crippen LogP contribution in [0.5, 0.6) is 0 Å². The zero-order valence-electron chi connectivity index (χ0n) is 17.8. The molecule has 0 aliphatic heterocycles. The van der Waals surface area contributed by atoms with Crippen molar-refractivity contribution in [2.45, 2.75) is 26.2 Å². The van der Waals surface area contributed by atoms with Crippen LogP contribution in [0.25, 0.3) is 16.6 Å². The van der Waals surface area contributed by atoms with Crippen LogP contribution < -0.4 is 4.90 Å². The molecule has 0 spiro atoms. The summed E-state index contributed by atoms with van der Waals surface area (Å²) in [4.78, 5) is 14.5. The molecule has 3 rings (SSSR count). The van der Waals surface area contributed by atoms with Crippen LogP contribution in [0.3, 0.4) is 0 Å². The van der Waals surface area contributed by atoms with Crippen LogP contribution in [0.2, 0.25) is 0 Å². The lowest BCUT2D eigenvalue weighted by molar-refractivity contribution is -0.114. The highest BCUT2D eigenvalue weighted by Gasteiger charge is 2.19. The number of aromatic nitrogens is 2. The molecule has 0 radical (unpaired) electrons. The van der Waals surface area contributed by atoms with Gasteiger partial charge < -0.3 is 4.74 Å². The fraction of sp³-hybridized carbons (Fsp3) is 0.292. The van der Waals surface area contributed by atoms with Gasteiger partial charge in [-0.1, -0.05) is 86.7 Å². The number of hydrogen-bond donors (Lipinski definition) is 0. The monoisotopic (exact) mass is 421 g/mol. The van der Waals surface area contributed by atoms with E-state index < -0.39 is 0 Å². The smallest absolute Gasteiger partial charge is 0.252 e. The fourth-order valence-corrected chi connectivity index (χ4v) is 3.74. The molecule has 1 heterocycles. The summed E-state index contributed by atoms with van der Waals surface area (Å²) in [5.41, 5.74) is 3.32. The molecule has 0 aliphatic carbocycles. The first-order chi connectivity index (χ1) is 14.4. The molecule has 0 saturated heterocycles. The Kier molecular flexibility index (Phi) is 7.13. The molecule has 156 valence electrons. The predicted octanol–water partition coefficient (Wildman–Crippen LogP) is 5.20. The molecule has 0 N–H and O–H groups in total. The first-order valence-electron chi connectivity index (χ1n) is 9.86. The van der Waals surface area contributed by atoms with Gasteiger partial charge in [-0.25, -0.2) is 0 Å². The maximum absolute atomic E-state index is 12.8. The van der Waals surface area contributed by atoms with E-state index in [0.29, 0.717) is 18.3 Å². The molecule has 1 amide bonds. The van der Waals surface area contributed by atoms with Gasteiger partial charge in [0, 0.05) is 18.7 Å². The van der Waals surface area contributed by atoms with Gasteiger partial charge in [-0.15, -0.1) is 10.2 Å². The van der Waals surface area contributed by atoms with E-state index in [1.54, 1.807) is 24.2 Å². The normalized spacial score (nSPS) is 11.7. The van der Waals surface area contributed by atoms with Crippen LogP contribution in [0.4, 0.5) is 5.13 Å². The van der Waals surface area contributed by atoms with Crippen molar-refractivity contribution in [3.8, 4) is 10.6 Å². The van der Waals surface area contributed by atoms with E-state index >= 15 is 0 Å². The highest BCUT2D eigenvalue weighted by atomic mass is 32.1. The summed E-state index contributed by atoms with van der Waals surface area (Å²) in [7, 11) is 1.62. The third kappa shape index (κ3) is 5.62. The van der Waals surface area contributed by atoms with Crippen LogP contribution >= 0.6 is 11.3 Å². The summed E-state index contributed by atoms with van der Waals surface area (Å²) < 4.78 is 5.18. The highest BCUT2D eigenvalue weighted by molar-refractivity contribution is 7.18. The molecule has 0 aliphatic rings. The largest absolute Gasteiger partial charge is 0.383 e. The maximum Gasteiger partial charge on any atom is 0.252 e. The Balaban J connectivity index is 1.81. The minimum absolute atomic E-state index is 0.0965. The number of benzene rings is 2. The van der Waals surface area contributed by atoms with Crippen LogP contribution in [-0.2, 0) is 14.9 Å². The van der Waals surface area contributed by atoms with Crippen molar-refractivity contribution in [2.24, 2.45) is 0 Å². The fourth-order valence-electron chi connectivity index (χ4n) is 2.86. The van der Waals surface area contributed by atoms with E-state index in [0.717, 1.165) is 16.1 Å². The minimum Gasteiger partial charge on any atom is -0.383 e. The lowest BCUT2D eigenvalue weighted by atomic mass is 9.87. The molecule has 0 atom stereocenters. The van der Waals surface area contributed by atoms with Gasteiger partial charge in [0.15, 0.2) is 0 Å². The topological polar surface area (TPSA) is 55.3 Å². The van der Waals surface area contributed by atoms with Crippen molar-refractivity contribution in [3.05, 3.63) is 71.8 Å². The Morgan fingerprint density at radius 1 is 1.07 bits per heavy atom. The van der Waals surface area contributed by atoms with Crippen molar-refractivity contribution < 1.29 is 9.53 Å². The highest BCUT2D eigenvalue weighted by Crippen LogP contribution is 2.31. The number of nitrogens with zero attached hydrogens (tertiary/aromatic N) is 3. The number of carbonyl (C=O) groups excluding carboxylic acids is 1. The molecule has 3 aromatic rings. The molecule has 0 bridgehead atoms. The first kappa shape index (κ1) is 21.9. The summed E-state index contributed by atoms with van der Waals surface area (Å²) >= 11 is 1.40. The SMILES string of the molecule is COCCN(C(=O)/C=C/c1ccccc1)c1nnc(-c2ccc(C(C)(C)C)cc2)s1. The second kappa shape index (κ2) is 9.78. The van der Waals surface area contributed by atoms with Gasteiger partial charge in [-0.3, -0.25) is 9.69 Å². The second-order valence-corrected chi connectivity index (χ2v) is 8.90. The summed E-state index contributed by atoms with van der Waals surface area (Å²) in [6, 6.07) is 18.1. The van der Waals surface area contributed by atoms with E-state index in [1.807, 2.05) is 30.3 Å². The van der Waals surface area contributed by atoms with Crippen LogP contribution in [0.1, 0.15) is 31.9 Å². The molecule has 0 fully saturated rings. The van der Waals surface area contributed by atoms with E-state index in [-0.39, 0.29) is 11.3 Å². The Labute approximate surface area is 182 Å². The van der Waals surface area contributed by atoms with Crippen molar-refractivity contribution in [3.63, 3.8) is 0 Å². The van der Waals surface area contributed by atoms with Crippen LogP contribution in [0, 0.1) is 0 Å². The predicted molar refractivity (Wildman–Crippen MR) is 124 cm³/mol. The summed E-state index contributed by atoms with van der Waals surface area (Å²) in [5, 5.41) is 9.94. The van der Waals surface area contributed by atoms with Gasteiger partial charge in [0.1, 0.15) is 5.01 Å². The number of anilines is 1. The Morgan fingerprint density at radius 3 is 2.40 bits per heavy atom. The van der Waals surface area contributed by atoms with Gasteiger partial charge >= 0.3 is 0 Å². The van der Waals surface area contributed by atoms with Gasteiger partial charge in [0.2, 0.25) is 5.13 Å². The van der Waals surface area contributed by atoms with Gasteiger partial charge in [0.05, 0.1) is 13.2 Å². The maximum atomic E-state index is 12.8. The molecular formula is C24H27N3O2S. The average Bonchev–Trinajstić information content (AvgIpc) is 3.22. The minimum atomic E-state index is -0.151. The van der Waals surface area contributed by atoms with Crippen molar-refractivity contribution >= 4 is 28.5 Å². The second-order valence-electron chi connectivity index (χ2n) is 7.94. The van der Waals surface area contributed by atoms with Crippen LogP contribution in [-0.4, -0.2) is 36.4 Å². The first-order valence-corrected chi connectivity index (χ1v) is 10.7. The number of methoxy groups -OCH3 is 1. The van der Waals surface area contributed by atoms with Crippen LogP contribution in [0.15, 0.2) is 60.7 Å². The van der Waals surface area contributed by atoms with Crippen molar-refractivity contribution in [1.82, 2.24) is 10.2 Å². The number of ether oxygens (including phenoxy) is 1. The number of hydrogen-bond acceptors (Lipinski definition) is 5. The van der Waals surface area contributed by atoms with Crippen molar-refractivity contribution in [2.75, 3.05) is 25.2 Å². The molecule has 5 nitrogen and oxygen atoms in total. The Bertz CT molecular complexity index is 989. The van der Waals surface area contributed by atoms with E-state index in [9.17, 15) is 4.79 Å². The Hall–Kier alpha value is -2.83. The molecule has 0 unspecified atom stereocenters. The zero-order chi connectivity index (χ0) is 21.6. The molecule has 30 heavy (non-hydrogen) atoms. The quantitative estimate of drug-likeness (QED) is 0.492. The molecule has 6 heteroatoms. The summed E-state index contributed by atoms with van der Waals surface area (Å²) in [6.45, 7) is 7.39. The van der Waals surface area contributed by atoms with E-state index in [1.165, 1.54) is 16.9 Å². The van der Waals surface area contributed by atoms with Gasteiger partial charge in [0.25, 0.3) is 5.91 Å². The third-order valence-corrected chi connectivity index (χ3v) is 5.64. The molecule has 2 aromatic carbocycles. The van der Waals surface area contributed by atoms with Crippen molar-refractivity contribution in [1.29, 1.82) is 0 Å². The third-order valence-electron chi connectivity index (χ3n) is 4.65. The zero-order valence-corrected chi connectivity index (χ0v) is 18.6. The summed E-state index contributed by atoms with van der Waals surface area (Å²) in [6.07, 6.45) is 3.36.